The molecule has 1 aromatic carbocycles. The Labute approximate surface area is 196 Å². The number of rotatable bonds is 8. The predicted molar refractivity (Wildman–Crippen MR) is 127 cm³/mol. The smallest absolute Gasteiger partial charge is 0.340 e. The lowest BCUT2D eigenvalue weighted by atomic mass is 9.98. The summed E-state index contributed by atoms with van der Waals surface area (Å²) < 4.78 is 11.4. The Morgan fingerprint density at radius 1 is 0.971 bits per heavy atom. The zero-order valence-corrected chi connectivity index (χ0v) is 20.3. The standard InChI is InChI=1S/C25H30N2O7/c1-7-11(2)21(24(30)31)27-20(29)10-26-19(28)9-18-13(4)17-8-16-12(3)15(6)33-22(16)14(5)23(17)34-25(18)32/h8,11,21H,7,9-10H2,1-6H3,(H,26,28)(H,27,29)(H,30,31). The van der Waals surface area contributed by atoms with E-state index >= 15 is 0 Å². The third-order valence-electron chi connectivity index (χ3n) is 6.52. The molecule has 0 saturated heterocycles. The Balaban J connectivity index is 1.80. The van der Waals surface area contributed by atoms with Gasteiger partial charge in [0.25, 0.3) is 0 Å². The molecule has 0 fully saturated rings. The number of nitrogens with one attached hydrogen (secondary N) is 2. The highest BCUT2D eigenvalue weighted by Gasteiger charge is 2.25. The number of furan rings is 1. The fourth-order valence-electron chi connectivity index (χ4n) is 4.01. The summed E-state index contributed by atoms with van der Waals surface area (Å²) >= 11 is 0. The molecule has 2 atom stereocenters. The largest absolute Gasteiger partial charge is 0.480 e. The van der Waals surface area contributed by atoms with Crippen LogP contribution in [0.5, 0.6) is 0 Å². The van der Waals surface area contributed by atoms with Crippen LogP contribution in [0.25, 0.3) is 21.9 Å². The van der Waals surface area contributed by atoms with Crippen LogP contribution in [0.4, 0.5) is 0 Å². The maximum atomic E-state index is 12.7. The van der Waals surface area contributed by atoms with Crippen molar-refractivity contribution in [2.45, 2.75) is 60.4 Å². The van der Waals surface area contributed by atoms with E-state index in [0.29, 0.717) is 34.1 Å². The Bertz CT molecular complexity index is 1350. The molecule has 34 heavy (non-hydrogen) atoms. The number of amides is 2. The second kappa shape index (κ2) is 9.70. The maximum absolute atomic E-state index is 12.7. The van der Waals surface area contributed by atoms with Gasteiger partial charge in [0, 0.05) is 16.3 Å². The second-order valence-electron chi connectivity index (χ2n) is 8.75. The van der Waals surface area contributed by atoms with E-state index in [1.54, 1.807) is 13.8 Å². The monoisotopic (exact) mass is 470 g/mol. The SMILES string of the molecule is CCC(C)C(NC(=O)CNC(=O)Cc1c(C)c2cc3c(C)c(C)oc3c(C)c2oc1=O)C(=O)O. The second-order valence-corrected chi connectivity index (χ2v) is 8.75. The third kappa shape index (κ3) is 4.69. The van der Waals surface area contributed by atoms with E-state index in [0.717, 1.165) is 16.7 Å². The first-order valence-electron chi connectivity index (χ1n) is 11.2. The van der Waals surface area contributed by atoms with E-state index < -0.39 is 36.0 Å². The van der Waals surface area contributed by atoms with E-state index in [9.17, 15) is 24.3 Å². The van der Waals surface area contributed by atoms with Crippen molar-refractivity contribution in [2.24, 2.45) is 5.92 Å². The van der Waals surface area contributed by atoms with Crippen molar-refractivity contribution in [1.29, 1.82) is 0 Å². The summed E-state index contributed by atoms with van der Waals surface area (Å²) in [5.41, 5.74) is 2.98. The molecule has 0 aliphatic heterocycles. The number of fused-ring (bicyclic) bond motifs is 2. The predicted octanol–water partition coefficient (Wildman–Crippen LogP) is 3.05. The Kier molecular flexibility index (Phi) is 7.14. The molecule has 0 saturated carbocycles. The molecule has 2 amide bonds. The molecule has 2 unspecified atom stereocenters. The lowest BCUT2D eigenvalue weighted by Gasteiger charge is -2.20. The van der Waals surface area contributed by atoms with Crippen LogP contribution in [-0.4, -0.2) is 35.5 Å². The summed E-state index contributed by atoms with van der Waals surface area (Å²) in [5, 5.41) is 15.8. The van der Waals surface area contributed by atoms with Gasteiger partial charge in [-0.2, -0.15) is 0 Å². The van der Waals surface area contributed by atoms with Gasteiger partial charge in [0.1, 0.15) is 23.0 Å². The number of hydrogen-bond acceptors (Lipinski definition) is 6. The number of carbonyl (C=O) groups is 3. The van der Waals surface area contributed by atoms with Crippen LogP contribution < -0.4 is 16.3 Å². The number of carboxylic acid groups (broad SMARTS) is 1. The third-order valence-corrected chi connectivity index (χ3v) is 6.52. The van der Waals surface area contributed by atoms with Gasteiger partial charge in [0.2, 0.25) is 11.8 Å². The summed E-state index contributed by atoms with van der Waals surface area (Å²) in [6.07, 6.45) is 0.301. The van der Waals surface area contributed by atoms with Gasteiger partial charge in [-0.15, -0.1) is 0 Å². The van der Waals surface area contributed by atoms with Crippen molar-refractivity contribution < 1.29 is 28.3 Å². The summed E-state index contributed by atoms with van der Waals surface area (Å²) in [4.78, 5) is 48.7. The lowest BCUT2D eigenvalue weighted by Crippen LogP contribution is -2.48. The molecule has 3 aromatic rings. The van der Waals surface area contributed by atoms with Crippen LogP contribution >= 0.6 is 0 Å². The molecule has 2 heterocycles. The molecule has 0 bridgehead atoms. The highest BCUT2D eigenvalue weighted by Crippen LogP contribution is 2.34. The number of aliphatic carboxylic acids is 1. The van der Waals surface area contributed by atoms with Crippen LogP contribution in [0.1, 0.15) is 48.3 Å². The highest BCUT2D eigenvalue weighted by molar-refractivity contribution is 6.00. The first-order chi connectivity index (χ1) is 16.0. The van der Waals surface area contributed by atoms with Crippen molar-refractivity contribution in [3.8, 4) is 0 Å². The molecule has 182 valence electrons. The molecule has 2 aromatic heterocycles. The normalized spacial score (nSPS) is 13.1. The Morgan fingerprint density at radius 2 is 1.59 bits per heavy atom. The molecule has 9 heteroatoms. The number of carboxylic acids is 1. The van der Waals surface area contributed by atoms with E-state index in [1.807, 2.05) is 33.8 Å². The molecule has 3 N–H and O–H groups in total. The number of benzene rings is 1. The summed E-state index contributed by atoms with van der Waals surface area (Å²) in [5.74, 6) is -1.78. The van der Waals surface area contributed by atoms with Gasteiger partial charge < -0.3 is 24.6 Å². The lowest BCUT2D eigenvalue weighted by molar-refractivity contribution is -0.143. The summed E-state index contributed by atoms with van der Waals surface area (Å²) in [6, 6.07) is 0.858. The van der Waals surface area contributed by atoms with Crippen LogP contribution in [0, 0.1) is 33.6 Å². The summed E-state index contributed by atoms with van der Waals surface area (Å²) in [6.45, 7) is 10.6. The van der Waals surface area contributed by atoms with E-state index in [4.69, 9.17) is 8.83 Å². The minimum atomic E-state index is -1.13. The van der Waals surface area contributed by atoms with Gasteiger partial charge in [0.15, 0.2) is 0 Å². The minimum absolute atomic E-state index is 0.199. The van der Waals surface area contributed by atoms with Crippen molar-refractivity contribution in [1.82, 2.24) is 10.6 Å². The molecular formula is C25H30N2O7. The van der Waals surface area contributed by atoms with Crippen molar-refractivity contribution in [3.05, 3.63) is 44.5 Å². The van der Waals surface area contributed by atoms with Crippen molar-refractivity contribution in [2.75, 3.05) is 6.54 Å². The van der Waals surface area contributed by atoms with Gasteiger partial charge in [-0.1, -0.05) is 20.3 Å². The van der Waals surface area contributed by atoms with Gasteiger partial charge >= 0.3 is 11.6 Å². The van der Waals surface area contributed by atoms with E-state index in [2.05, 4.69) is 10.6 Å². The first kappa shape index (κ1) is 25.0. The molecule has 9 nitrogen and oxygen atoms in total. The molecule has 3 rings (SSSR count). The molecule has 0 radical (unpaired) electrons. The fraction of sp³-hybridized carbons (Fsp3) is 0.440. The average molecular weight is 471 g/mol. The minimum Gasteiger partial charge on any atom is -0.480 e. The number of aryl methyl sites for hydroxylation is 4. The Morgan fingerprint density at radius 3 is 2.21 bits per heavy atom. The molecule has 0 spiro atoms. The van der Waals surface area contributed by atoms with Crippen LogP contribution in [0.2, 0.25) is 0 Å². The maximum Gasteiger partial charge on any atom is 0.340 e. The average Bonchev–Trinajstić information content (AvgIpc) is 3.08. The summed E-state index contributed by atoms with van der Waals surface area (Å²) in [7, 11) is 0. The number of hydrogen-bond donors (Lipinski definition) is 3. The van der Waals surface area contributed by atoms with Crippen molar-refractivity contribution >= 4 is 39.7 Å². The molecule has 0 aliphatic rings. The fourth-order valence-corrected chi connectivity index (χ4v) is 4.01. The van der Waals surface area contributed by atoms with E-state index in [1.165, 1.54) is 0 Å². The van der Waals surface area contributed by atoms with E-state index in [-0.39, 0.29) is 17.9 Å². The Hall–Kier alpha value is -3.62. The highest BCUT2D eigenvalue weighted by atomic mass is 16.4. The topological polar surface area (TPSA) is 139 Å². The van der Waals surface area contributed by atoms with Gasteiger partial charge in [-0.3, -0.25) is 9.59 Å². The molecule has 0 aliphatic carbocycles. The zero-order chi connectivity index (χ0) is 25.3. The van der Waals surface area contributed by atoms with Gasteiger partial charge in [-0.05, 0) is 50.8 Å². The quantitative estimate of drug-likeness (QED) is 0.430. The van der Waals surface area contributed by atoms with Gasteiger partial charge in [0.05, 0.1) is 18.5 Å². The van der Waals surface area contributed by atoms with Crippen molar-refractivity contribution in [3.63, 3.8) is 0 Å². The van der Waals surface area contributed by atoms with Gasteiger partial charge in [-0.25, -0.2) is 9.59 Å². The number of carbonyl (C=O) groups excluding carboxylic acids is 2. The van der Waals surface area contributed by atoms with Crippen LogP contribution in [0.15, 0.2) is 19.7 Å². The van der Waals surface area contributed by atoms with Crippen LogP contribution in [-0.2, 0) is 20.8 Å². The zero-order valence-electron chi connectivity index (χ0n) is 20.3. The molecular weight excluding hydrogens is 440 g/mol. The first-order valence-corrected chi connectivity index (χ1v) is 11.2. The van der Waals surface area contributed by atoms with Crippen LogP contribution in [0.3, 0.4) is 0 Å².